The van der Waals surface area contributed by atoms with Gasteiger partial charge in [0.1, 0.15) is 0 Å². The van der Waals surface area contributed by atoms with Crippen LogP contribution in [0.4, 0.5) is 24.5 Å². The zero-order chi connectivity index (χ0) is 29.7. The van der Waals surface area contributed by atoms with Crippen LogP contribution in [0.15, 0.2) is 91.0 Å². The van der Waals surface area contributed by atoms with Crippen molar-refractivity contribution in [3.05, 3.63) is 125 Å². The second-order valence-corrected chi connectivity index (χ2v) is 10.7. The molecule has 8 heteroatoms. The third kappa shape index (κ3) is 7.12. The van der Waals surface area contributed by atoms with E-state index in [0.717, 1.165) is 38.2 Å². The molecule has 0 saturated carbocycles. The first-order valence-corrected chi connectivity index (χ1v) is 14.1. The smallest absolute Gasteiger partial charge is 0.416 e. The van der Waals surface area contributed by atoms with E-state index in [-0.39, 0.29) is 5.56 Å². The Morgan fingerprint density at radius 3 is 2.19 bits per heavy atom. The molecule has 5 nitrogen and oxygen atoms in total. The summed E-state index contributed by atoms with van der Waals surface area (Å²) in [7, 11) is 0. The van der Waals surface area contributed by atoms with Gasteiger partial charge in [-0.2, -0.15) is 13.2 Å². The zero-order valence-corrected chi connectivity index (χ0v) is 23.2. The lowest BCUT2D eigenvalue weighted by Crippen LogP contribution is -2.30. The lowest BCUT2D eigenvalue weighted by atomic mass is 9.98. The third-order valence-electron chi connectivity index (χ3n) is 7.79. The number of fused-ring (bicyclic) bond motifs is 1. The number of anilines is 1. The fraction of sp³-hybridized carbons (Fsp3) is 0.265. The van der Waals surface area contributed by atoms with Gasteiger partial charge in [-0.25, -0.2) is 4.79 Å². The molecule has 218 valence electrons. The Kier molecular flexibility index (Phi) is 8.83. The number of rotatable bonds is 5. The van der Waals surface area contributed by atoms with E-state index >= 15 is 0 Å². The number of carboxylic acid groups (broad SMARTS) is 1. The number of benzene rings is 4. The van der Waals surface area contributed by atoms with Crippen molar-refractivity contribution in [1.82, 2.24) is 4.90 Å². The van der Waals surface area contributed by atoms with Gasteiger partial charge in [0.25, 0.3) is 0 Å². The molecular formula is C34H33F3N3O2-. The number of nitrogens with zero attached hydrogens (tertiary/aromatic N) is 2. The molecule has 0 aromatic heterocycles. The van der Waals surface area contributed by atoms with Crippen LogP contribution in [-0.2, 0) is 25.7 Å². The van der Waals surface area contributed by atoms with E-state index in [1.54, 1.807) is 18.2 Å². The molecular weight excluding hydrogens is 539 g/mol. The quantitative estimate of drug-likeness (QED) is 0.260. The molecule has 42 heavy (non-hydrogen) atoms. The Morgan fingerprint density at radius 1 is 0.833 bits per heavy atom. The maximum atomic E-state index is 12.4. The molecule has 1 fully saturated rings. The molecule has 0 bridgehead atoms. The van der Waals surface area contributed by atoms with Gasteiger partial charge in [0.15, 0.2) is 0 Å². The first-order chi connectivity index (χ1) is 20.2. The predicted molar refractivity (Wildman–Crippen MR) is 160 cm³/mol. The number of carbonyl (C=O) groups is 1. The molecule has 2 heterocycles. The van der Waals surface area contributed by atoms with Crippen LogP contribution in [-0.4, -0.2) is 35.6 Å². The predicted octanol–water partition coefficient (Wildman–Crippen LogP) is 8.60. The van der Waals surface area contributed by atoms with Crippen LogP contribution in [0.5, 0.6) is 0 Å². The van der Waals surface area contributed by atoms with Crippen LogP contribution in [0.2, 0.25) is 0 Å². The molecule has 2 aliphatic rings. The van der Waals surface area contributed by atoms with Crippen LogP contribution >= 0.6 is 0 Å². The average Bonchev–Trinajstić information content (AvgIpc) is 3.53. The highest BCUT2D eigenvalue weighted by Crippen LogP contribution is 2.32. The Labute approximate surface area is 244 Å². The third-order valence-corrected chi connectivity index (χ3v) is 7.79. The van der Waals surface area contributed by atoms with E-state index in [0.29, 0.717) is 16.8 Å². The topological polar surface area (TPSA) is 67.6 Å². The van der Waals surface area contributed by atoms with Crippen molar-refractivity contribution in [2.45, 2.75) is 38.5 Å². The average molecular weight is 573 g/mol. The summed E-state index contributed by atoms with van der Waals surface area (Å²) in [4.78, 5) is 16.0. The largest absolute Gasteiger partial charge is 0.699 e. The fourth-order valence-corrected chi connectivity index (χ4v) is 5.55. The van der Waals surface area contributed by atoms with Crippen LogP contribution in [0.25, 0.3) is 16.9 Å². The summed E-state index contributed by atoms with van der Waals surface area (Å²) in [5.74, 6) is -1.12. The monoisotopic (exact) mass is 572 g/mol. The fourth-order valence-electron chi connectivity index (χ4n) is 5.55. The van der Waals surface area contributed by atoms with E-state index in [9.17, 15) is 18.0 Å². The van der Waals surface area contributed by atoms with Gasteiger partial charge >= 0.3 is 12.1 Å². The summed E-state index contributed by atoms with van der Waals surface area (Å²) in [6.45, 7) is 5.52. The summed E-state index contributed by atoms with van der Waals surface area (Å²) in [6.07, 6.45) is -0.678. The van der Waals surface area contributed by atoms with Gasteiger partial charge in [0.2, 0.25) is 0 Å². The normalized spacial score (nSPS) is 15.1. The van der Waals surface area contributed by atoms with E-state index in [4.69, 9.17) is 10.8 Å². The van der Waals surface area contributed by atoms with Crippen LogP contribution in [0, 0.1) is 0 Å². The summed E-state index contributed by atoms with van der Waals surface area (Å²) < 4.78 is 37.3. The van der Waals surface area contributed by atoms with E-state index in [1.807, 2.05) is 12.1 Å². The molecule has 0 unspecified atom stereocenters. The lowest BCUT2D eigenvalue weighted by Gasteiger charge is -2.29. The molecule has 2 aliphatic heterocycles. The summed E-state index contributed by atoms with van der Waals surface area (Å²) in [6, 6.07) is 25.8. The Morgan fingerprint density at radius 2 is 1.52 bits per heavy atom. The molecule has 4 aromatic rings. The van der Waals surface area contributed by atoms with Crippen LogP contribution in [0.1, 0.15) is 45.5 Å². The highest BCUT2D eigenvalue weighted by atomic mass is 19.4. The van der Waals surface area contributed by atoms with Crippen molar-refractivity contribution in [1.29, 1.82) is 0 Å². The summed E-state index contributed by atoms with van der Waals surface area (Å²) in [5.41, 5.74) is 14.0. The number of aromatic carboxylic acids is 1. The maximum Gasteiger partial charge on any atom is 0.416 e. The van der Waals surface area contributed by atoms with Crippen molar-refractivity contribution >= 4 is 17.3 Å². The number of hydrogen-bond acceptors (Lipinski definition) is 3. The van der Waals surface area contributed by atoms with E-state index in [1.165, 1.54) is 66.5 Å². The second-order valence-electron chi connectivity index (χ2n) is 10.7. The van der Waals surface area contributed by atoms with Crippen LogP contribution in [0.3, 0.4) is 0 Å². The molecule has 0 atom stereocenters. The number of carboxylic acids is 1. The van der Waals surface area contributed by atoms with Gasteiger partial charge in [-0.05, 0) is 77.4 Å². The zero-order valence-electron chi connectivity index (χ0n) is 23.2. The molecule has 1 saturated heterocycles. The molecule has 0 amide bonds. The number of hydrogen-bond donors (Lipinski definition) is 1. The standard InChI is InChI=1S/C20H24N3.C14H9F3O2/c21-19-6-5-18-15-22(12-9-17(18)13-19)14-16-3-7-20(8-4-16)23-10-1-2-11-23;15-14(16,17)10-7-5-9(6-8-10)11-3-1-2-4-12(11)13(18)19/h3-8,13,21H,1-2,9-12,14-15H2;1-8H,(H,18,19)/q-1;. The SMILES string of the molecule is O=C(O)c1ccccc1-c1ccc(C(F)(F)F)cc1.[NH-]c1ccc2c(c1)CCN(Cc1ccc(N3CCCC3)cc1)C2. The van der Waals surface area contributed by atoms with Crippen molar-refractivity contribution in [2.24, 2.45) is 0 Å². The highest BCUT2D eigenvalue weighted by Gasteiger charge is 2.30. The number of nitrogens with one attached hydrogen (secondary N) is 1. The minimum Gasteiger partial charge on any atom is -0.699 e. The number of alkyl halides is 3. The van der Waals surface area contributed by atoms with Gasteiger partial charge in [-0.3, -0.25) is 4.90 Å². The van der Waals surface area contributed by atoms with Crippen molar-refractivity contribution < 1.29 is 23.1 Å². The van der Waals surface area contributed by atoms with Gasteiger partial charge in [-0.15, -0.1) is 5.69 Å². The molecule has 2 N–H and O–H groups in total. The Bertz CT molecular complexity index is 1510. The number of halogens is 3. The minimum atomic E-state index is -4.40. The lowest BCUT2D eigenvalue weighted by molar-refractivity contribution is -0.137. The second kappa shape index (κ2) is 12.7. The van der Waals surface area contributed by atoms with Crippen LogP contribution < -0.4 is 4.90 Å². The summed E-state index contributed by atoms with van der Waals surface area (Å²) >= 11 is 0. The van der Waals surface area contributed by atoms with Crippen molar-refractivity contribution in [3.63, 3.8) is 0 Å². The molecule has 0 radical (unpaired) electrons. The van der Waals surface area contributed by atoms with E-state index < -0.39 is 17.7 Å². The van der Waals surface area contributed by atoms with Gasteiger partial charge in [0.05, 0.1) is 11.1 Å². The molecule has 4 aromatic carbocycles. The highest BCUT2D eigenvalue weighted by molar-refractivity contribution is 5.96. The Hall–Kier alpha value is -4.30. The molecule has 0 spiro atoms. The van der Waals surface area contributed by atoms with E-state index in [2.05, 4.69) is 40.1 Å². The molecule has 6 rings (SSSR count). The van der Waals surface area contributed by atoms with Crippen molar-refractivity contribution in [3.8, 4) is 11.1 Å². The molecule has 0 aliphatic carbocycles. The van der Waals surface area contributed by atoms with Crippen molar-refractivity contribution in [2.75, 3.05) is 24.5 Å². The minimum absolute atomic E-state index is 0.0576. The Balaban J connectivity index is 0.000000172. The van der Waals surface area contributed by atoms with Gasteiger partial charge in [0, 0.05) is 38.4 Å². The van der Waals surface area contributed by atoms with Gasteiger partial charge in [-0.1, -0.05) is 60.7 Å². The maximum absolute atomic E-state index is 12.4. The van der Waals surface area contributed by atoms with Gasteiger partial charge < -0.3 is 15.7 Å². The summed E-state index contributed by atoms with van der Waals surface area (Å²) in [5, 5.41) is 9.03. The first kappa shape index (κ1) is 29.2. The first-order valence-electron chi connectivity index (χ1n) is 14.1.